The van der Waals surface area contributed by atoms with Crippen molar-refractivity contribution in [3.8, 4) is 0 Å². The van der Waals surface area contributed by atoms with E-state index in [1.54, 1.807) is 17.4 Å². The first-order valence-electron chi connectivity index (χ1n) is 9.47. The maximum Gasteiger partial charge on any atom is 0.227 e. The van der Waals surface area contributed by atoms with Gasteiger partial charge in [-0.05, 0) is 37.1 Å². The standard InChI is InChI=1S/C21H28N2O4/c1-21(2,3)20(25)22-10-8-16(9-11-22)19(24)23(14-17-6-4-12-26-17)15-18-7-5-13-27-18/h4-7,12-13,16H,8-11,14-15H2,1-3H3. The van der Waals surface area contributed by atoms with Gasteiger partial charge in [0.1, 0.15) is 11.5 Å². The first-order chi connectivity index (χ1) is 12.8. The molecule has 0 radical (unpaired) electrons. The van der Waals surface area contributed by atoms with Crippen LogP contribution in [0.2, 0.25) is 0 Å². The molecule has 0 spiro atoms. The Morgan fingerprint density at radius 3 is 1.96 bits per heavy atom. The third-order valence-electron chi connectivity index (χ3n) is 4.94. The van der Waals surface area contributed by atoms with Crippen molar-refractivity contribution >= 4 is 11.8 Å². The summed E-state index contributed by atoms with van der Waals surface area (Å²) in [5, 5.41) is 0. The first-order valence-corrected chi connectivity index (χ1v) is 9.47. The van der Waals surface area contributed by atoms with E-state index in [9.17, 15) is 9.59 Å². The van der Waals surface area contributed by atoms with Gasteiger partial charge in [0.25, 0.3) is 0 Å². The fourth-order valence-corrected chi connectivity index (χ4v) is 3.46. The van der Waals surface area contributed by atoms with Crippen molar-refractivity contribution in [3.63, 3.8) is 0 Å². The van der Waals surface area contributed by atoms with Crippen LogP contribution < -0.4 is 0 Å². The van der Waals surface area contributed by atoms with Crippen LogP contribution in [-0.2, 0) is 22.7 Å². The highest BCUT2D eigenvalue weighted by Crippen LogP contribution is 2.26. The highest BCUT2D eigenvalue weighted by molar-refractivity contribution is 5.82. The fraction of sp³-hybridized carbons (Fsp3) is 0.524. The number of carbonyl (C=O) groups is 2. The highest BCUT2D eigenvalue weighted by atomic mass is 16.3. The average molecular weight is 372 g/mol. The molecule has 0 atom stereocenters. The van der Waals surface area contributed by atoms with E-state index in [0.29, 0.717) is 39.0 Å². The second kappa shape index (κ2) is 8.03. The Labute approximate surface area is 160 Å². The smallest absolute Gasteiger partial charge is 0.227 e. The molecule has 1 saturated heterocycles. The van der Waals surface area contributed by atoms with Gasteiger partial charge in [0.05, 0.1) is 25.6 Å². The van der Waals surface area contributed by atoms with Gasteiger partial charge in [-0.25, -0.2) is 0 Å². The van der Waals surface area contributed by atoms with E-state index in [1.807, 2.05) is 49.9 Å². The summed E-state index contributed by atoms with van der Waals surface area (Å²) >= 11 is 0. The van der Waals surface area contributed by atoms with Gasteiger partial charge in [-0.3, -0.25) is 9.59 Å². The van der Waals surface area contributed by atoms with Crippen LogP contribution in [-0.4, -0.2) is 34.7 Å². The van der Waals surface area contributed by atoms with E-state index in [-0.39, 0.29) is 23.1 Å². The van der Waals surface area contributed by atoms with Crippen LogP contribution in [0, 0.1) is 11.3 Å². The molecule has 2 aromatic heterocycles. The minimum atomic E-state index is -0.387. The van der Waals surface area contributed by atoms with Crippen LogP contribution in [0.1, 0.15) is 45.1 Å². The van der Waals surface area contributed by atoms with Crippen molar-refractivity contribution in [2.45, 2.75) is 46.7 Å². The number of amides is 2. The van der Waals surface area contributed by atoms with E-state index in [4.69, 9.17) is 8.83 Å². The predicted molar refractivity (Wildman–Crippen MR) is 100 cm³/mol. The number of hydrogen-bond acceptors (Lipinski definition) is 4. The molecule has 0 bridgehead atoms. The lowest BCUT2D eigenvalue weighted by Crippen LogP contribution is -2.47. The first kappa shape index (κ1) is 19.3. The largest absolute Gasteiger partial charge is 0.467 e. The molecule has 6 heteroatoms. The molecule has 6 nitrogen and oxygen atoms in total. The molecule has 0 aromatic carbocycles. The Morgan fingerprint density at radius 2 is 1.56 bits per heavy atom. The third kappa shape index (κ3) is 4.81. The normalized spacial score (nSPS) is 15.7. The van der Waals surface area contributed by atoms with Crippen LogP contribution in [0.4, 0.5) is 0 Å². The van der Waals surface area contributed by atoms with Crippen LogP contribution in [0.5, 0.6) is 0 Å². The van der Waals surface area contributed by atoms with Crippen molar-refractivity contribution in [2.24, 2.45) is 11.3 Å². The van der Waals surface area contributed by atoms with E-state index in [1.165, 1.54) is 0 Å². The molecule has 146 valence electrons. The average Bonchev–Trinajstić information content (AvgIpc) is 3.33. The summed E-state index contributed by atoms with van der Waals surface area (Å²) in [6.07, 6.45) is 4.60. The zero-order valence-corrected chi connectivity index (χ0v) is 16.3. The number of piperidine rings is 1. The molecule has 2 amide bonds. The Morgan fingerprint density at radius 1 is 1.04 bits per heavy atom. The molecule has 1 aliphatic rings. The summed E-state index contributed by atoms with van der Waals surface area (Å²) in [4.78, 5) is 29.3. The van der Waals surface area contributed by atoms with E-state index >= 15 is 0 Å². The number of nitrogens with zero attached hydrogens (tertiary/aromatic N) is 2. The van der Waals surface area contributed by atoms with Gasteiger partial charge in [0.15, 0.2) is 0 Å². The van der Waals surface area contributed by atoms with Crippen LogP contribution >= 0.6 is 0 Å². The lowest BCUT2D eigenvalue weighted by molar-refractivity contribution is -0.145. The second-order valence-corrected chi connectivity index (χ2v) is 8.17. The molecule has 3 rings (SSSR count). The van der Waals surface area contributed by atoms with Crippen molar-refractivity contribution in [3.05, 3.63) is 48.3 Å². The number of hydrogen-bond donors (Lipinski definition) is 0. The molecular weight excluding hydrogens is 344 g/mol. The summed E-state index contributed by atoms with van der Waals surface area (Å²) in [5.74, 6) is 1.64. The Kier molecular flexibility index (Phi) is 5.73. The van der Waals surface area contributed by atoms with Gasteiger partial charge in [0, 0.05) is 24.4 Å². The highest BCUT2D eigenvalue weighted by Gasteiger charge is 2.34. The number of likely N-dealkylation sites (tertiary alicyclic amines) is 1. The Balaban J connectivity index is 1.64. The lowest BCUT2D eigenvalue weighted by Gasteiger charge is -2.36. The monoisotopic (exact) mass is 372 g/mol. The molecule has 1 aliphatic heterocycles. The SMILES string of the molecule is CC(C)(C)C(=O)N1CCC(C(=O)N(Cc2ccco2)Cc2ccco2)CC1. The van der Waals surface area contributed by atoms with Crippen molar-refractivity contribution in [1.29, 1.82) is 0 Å². The van der Waals surface area contributed by atoms with Crippen molar-refractivity contribution in [2.75, 3.05) is 13.1 Å². The number of carbonyl (C=O) groups excluding carboxylic acids is 2. The number of furan rings is 2. The minimum Gasteiger partial charge on any atom is -0.467 e. The van der Waals surface area contributed by atoms with Crippen molar-refractivity contribution in [1.82, 2.24) is 9.80 Å². The van der Waals surface area contributed by atoms with Gasteiger partial charge < -0.3 is 18.6 Å². The summed E-state index contributed by atoms with van der Waals surface area (Å²) in [6.45, 7) is 7.87. The van der Waals surface area contributed by atoms with Crippen LogP contribution in [0.25, 0.3) is 0 Å². The Bertz CT molecular complexity index is 699. The maximum atomic E-state index is 13.2. The summed E-state index contributed by atoms with van der Waals surface area (Å²) in [7, 11) is 0. The van der Waals surface area contributed by atoms with E-state index in [2.05, 4.69) is 0 Å². The van der Waals surface area contributed by atoms with Crippen molar-refractivity contribution < 1.29 is 18.4 Å². The summed E-state index contributed by atoms with van der Waals surface area (Å²) in [6, 6.07) is 7.38. The Hall–Kier alpha value is -2.50. The maximum absolute atomic E-state index is 13.2. The van der Waals surface area contributed by atoms with E-state index < -0.39 is 0 Å². The summed E-state index contributed by atoms with van der Waals surface area (Å²) < 4.78 is 10.9. The third-order valence-corrected chi connectivity index (χ3v) is 4.94. The van der Waals surface area contributed by atoms with E-state index in [0.717, 1.165) is 11.5 Å². The molecule has 27 heavy (non-hydrogen) atoms. The predicted octanol–water partition coefficient (Wildman–Crippen LogP) is 3.69. The fourth-order valence-electron chi connectivity index (χ4n) is 3.46. The van der Waals surface area contributed by atoms with Gasteiger partial charge in [0.2, 0.25) is 11.8 Å². The molecule has 0 saturated carbocycles. The second-order valence-electron chi connectivity index (χ2n) is 8.17. The zero-order chi connectivity index (χ0) is 19.4. The quantitative estimate of drug-likeness (QED) is 0.803. The van der Waals surface area contributed by atoms with Gasteiger partial charge in [-0.15, -0.1) is 0 Å². The molecule has 2 aromatic rings. The minimum absolute atomic E-state index is 0.0843. The molecular formula is C21H28N2O4. The molecule has 0 unspecified atom stereocenters. The topological polar surface area (TPSA) is 66.9 Å². The zero-order valence-electron chi connectivity index (χ0n) is 16.3. The molecule has 0 N–H and O–H groups in total. The number of rotatable bonds is 5. The van der Waals surface area contributed by atoms with Gasteiger partial charge >= 0.3 is 0 Å². The molecule has 0 aliphatic carbocycles. The van der Waals surface area contributed by atoms with Crippen LogP contribution in [0.3, 0.4) is 0 Å². The summed E-state index contributed by atoms with van der Waals surface area (Å²) in [5.41, 5.74) is -0.387. The lowest BCUT2D eigenvalue weighted by atomic mass is 9.90. The molecule has 3 heterocycles. The molecule has 1 fully saturated rings. The van der Waals surface area contributed by atoms with Crippen LogP contribution in [0.15, 0.2) is 45.6 Å². The van der Waals surface area contributed by atoms with Gasteiger partial charge in [-0.2, -0.15) is 0 Å². The van der Waals surface area contributed by atoms with Gasteiger partial charge in [-0.1, -0.05) is 20.8 Å².